The predicted molar refractivity (Wildman–Crippen MR) is 133 cm³/mol. The first-order valence-corrected chi connectivity index (χ1v) is 10.5. The van der Waals surface area contributed by atoms with Crippen LogP contribution in [0.15, 0.2) is 41.7 Å². The number of hydrogen-bond acceptors (Lipinski definition) is 5. The van der Waals surface area contributed by atoms with E-state index in [0.717, 1.165) is 6.42 Å². The van der Waals surface area contributed by atoms with Crippen LogP contribution in [0, 0.1) is 0 Å². The Bertz CT molecular complexity index is 937. The van der Waals surface area contributed by atoms with Gasteiger partial charge in [0.15, 0.2) is 5.96 Å². The average molecular weight is 554 g/mol. The average Bonchev–Trinajstić information content (AvgIpc) is 3.29. The van der Waals surface area contributed by atoms with Crippen molar-refractivity contribution in [2.45, 2.75) is 32.3 Å². The molecule has 32 heavy (non-hydrogen) atoms. The Morgan fingerprint density at radius 1 is 1.16 bits per heavy atom. The van der Waals surface area contributed by atoms with E-state index in [0.29, 0.717) is 48.7 Å². The van der Waals surface area contributed by atoms with Crippen molar-refractivity contribution in [1.82, 2.24) is 25.3 Å². The highest BCUT2D eigenvalue weighted by Crippen LogP contribution is 2.22. The van der Waals surface area contributed by atoms with E-state index in [4.69, 9.17) is 0 Å². The van der Waals surface area contributed by atoms with Crippen LogP contribution in [-0.4, -0.2) is 63.7 Å². The number of fused-ring (bicyclic) bond motifs is 1. The van der Waals surface area contributed by atoms with E-state index in [9.17, 15) is 14.7 Å². The summed E-state index contributed by atoms with van der Waals surface area (Å²) in [5, 5.41) is 21.2. The molecule has 10 heteroatoms. The number of imide groups is 1. The summed E-state index contributed by atoms with van der Waals surface area (Å²) in [6.45, 7) is 5.57. The van der Waals surface area contributed by atoms with E-state index in [1.54, 1.807) is 55.3 Å². The molecule has 0 aliphatic carbocycles. The number of aliphatic hydroxyl groups is 1. The third-order valence-electron chi connectivity index (χ3n) is 5.20. The number of nitrogens with zero attached hydrogens (tertiary/aromatic N) is 4. The molecule has 1 aromatic carbocycles. The second-order valence-corrected chi connectivity index (χ2v) is 7.81. The van der Waals surface area contributed by atoms with Gasteiger partial charge in [-0.05, 0) is 38.8 Å². The number of hydrogen-bond donors (Lipinski definition) is 3. The number of aliphatic imine (C=N–C) groups is 1. The van der Waals surface area contributed by atoms with Crippen LogP contribution in [-0.2, 0) is 12.6 Å². The Balaban J connectivity index is 0.00000363. The summed E-state index contributed by atoms with van der Waals surface area (Å²) in [6, 6.07) is 6.92. The second kappa shape index (κ2) is 11.4. The molecule has 9 nitrogen and oxygen atoms in total. The van der Waals surface area contributed by atoms with Gasteiger partial charge in [0, 0.05) is 38.4 Å². The number of aryl methyl sites for hydroxylation is 1. The summed E-state index contributed by atoms with van der Waals surface area (Å²) in [4.78, 5) is 30.6. The van der Waals surface area contributed by atoms with Gasteiger partial charge in [-0.15, -0.1) is 24.0 Å². The van der Waals surface area contributed by atoms with Crippen LogP contribution in [0.5, 0.6) is 0 Å². The summed E-state index contributed by atoms with van der Waals surface area (Å²) in [5.41, 5.74) is 0.540. The molecular formula is C22H31IN6O3. The summed E-state index contributed by atoms with van der Waals surface area (Å²) in [5.74, 6) is 0.162. The maximum atomic E-state index is 12.4. The number of unbranched alkanes of at least 4 members (excludes halogenated alkanes) is 1. The maximum absolute atomic E-state index is 12.4. The zero-order chi connectivity index (χ0) is 22.4. The Labute approximate surface area is 205 Å². The molecule has 3 rings (SSSR count). The minimum absolute atomic E-state index is 0. The topological polar surface area (TPSA) is 112 Å². The van der Waals surface area contributed by atoms with E-state index in [1.807, 2.05) is 6.92 Å². The molecule has 0 saturated heterocycles. The highest BCUT2D eigenvalue weighted by molar-refractivity contribution is 14.0. The Kier molecular flexibility index (Phi) is 9.20. The van der Waals surface area contributed by atoms with Crippen molar-refractivity contribution in [3.63, 3.8) is 0 Å². The van der Waals surface area contributed by atoms with Crippen molar-refractivity contribution in [3.8, 4) is 0 Å². The lowest BCUT2D eigenvalue weighted by molar-refractivity contribution is 0.0649. The van der Waals surface area contributed by atoms with E-state index in [2.05, 4.69) is 20.7 Å². The molecule has 0 saturated carbocycles. The Morgan fingerprint density at radius 3 is 2.38 bits per heavy atom. The lowest BCUT2D eigenvalue weighted by atomic mass is 10.0. The maximum Gasteiger partial charge on any atom is 0.261 e. The number of guanidine groups is 1. The van der Waals surface area contributed by atoms with E-state index in [1.165, 1.54) is 4.90 Å². The van der Waals surface area contributed by atoms with Crippen molar-refractivity contribution in [2.75, 3.05) is 26.2 Å². The number of aromatic nitrogens is 2. The van der Waals surface area contributed by atoms with Crippen LogP contribution in [0.4, 0.5) is 0 Å². The largest absolute Gasteiger partial charge is 0.383 e. The summed E-state index contributed by atoms with van der Waals surface area (Å²) in [7, 11) is 1.80. The summed E-state index contributed by atoms with van der Waals surface area (Å²) in [6.07, 6.45) is 4.85. The molecule has 1 aliphatic heterocycles. The fraction of sp³-hybridized carbons (Fsp3) is 0.455. The number of benzene rings is 1. The van der Waals surface area contributed by atoms with E-state index in [-0.39, 0.29) is 42.3 Å². The van der Waals surface area contributed by atoms with Crippen molar-refractivity contribution in [3.05, 3.63) is 53.3 Å². The van der Waals surface area contributed by atoms with Crippen molar-refractivity contribution in [1.29, 1.82) is 0 Å². The molecule has 1 unspecified atom stereocenters. The van der Waals surface area contributed by atoms with Crippen LogP contribution in [0.2, 0.25) is 0 Å². The normalized spacial score (nSPS) is 15.2. The molecule has 0 fully saturated rings. The van der Waals surface area contributed by atoms with Gasteiger partial charge in [-0.3, -0.25) is 19.2 Å². The molecular weight excluding hydrogens is 523 g/mol. The number of halogens is 1. The number of carbonyl (C=O) groups is 2. The second-order valence-electron chi connectivity index (χ2n) is 7.81. The first kappa shape index (κ1) is 25.8. The van der Waals surface area contributed by atoms with Crippen LogP contribution < -0.4 is 10.6 Å². The zero-order valence-electron chi connectivity index (χ0n) is 18.7. The van der Waals surface area contributed by atoms with Crippen LogP contribution >= 0.6 is 24.0 Å². The minimum atomic E-state index is -1.12. The molecule has 1 atom stereocenters. The standard InChI is InChI=1S/C22H30N6O3.HI/c1-4-23-21(25-15-22(2,31)16-13-26-27(3)14-16)24-11-7-8-12-28-19(29)17-9-5-6-10-18(17)20(28)30;/h5-6,9-10,13-14,31H,4,7-8,11-12,15H2,1-3H3,(H2,23,24,25);1H. The number of carbonyl (C=O) groups excluding carboxylic acids is 2. The van der Waals surface area contributed by atoms with Gasteiger partial charge in [-0.25, -0.2) is 4.99 Å². The van der Waals surface area contributed by atoms with Gasteiger partial charge in [-0.1, -0.05) is 12.1 Å². The smallest absolute Gasteiger partial charge is 0.261 e. The number of amides is 2. The molecule has 0 radical (unpaired) electrons. The lowest BCUT2D eigenvalue weighted by Gasteiger charge is -2.20. The summed E-state index contributed by atoms with van der Waals surface area (Å²) >= 11 is 0. The Hall–Kier alpha value is -2.47. The molecule has 2 heterocycles. The van der Waals surface area contributed by atoms with Gasteiger partial charge >= 0.3 is 0 Å². The molecule has 3 N–H and O–H groups in total. The van der Waals surface area contributed by atoms with Gasteiger partial charge in [0.25, 0.3) is 11.8 Å². The van der Waals surface area contributed by atoms with E-state index < -0.39 is 5.60 Å². The fourth-order valence-electron chi connectivity index (χ4n) is 3.41. The molecule has 1 aliphatic rings. The quantitative estimate of drug-likeness (QED) is 0.144. The van der Waals surface area contributed by atoms with Crippen molar-refractivity contribution >= 4 is 41.8 Å². The summed E-state index contributed by atoms with van der Waals surface area (Å²) < 4.78 is 1.64. The minimum Gasteiger partial charge on any atom is -0.383 e. The van der Waals surface area contributed by atoms with Crippen LogP contribution in [0.3, 0.4) is 0 Å². The third-order valence-corrected chi connectivity index (χ3v) is 5.20. The van der Waals surface area contributed by atoms with Crippen LogP contribution in [0.1, 0.15) is 53.0 Å². The van der Waals surface area contributed by atoms with Gasteiger partial charge in [0.2, 0.25) is 0 Å². The van der Waals surface area contributed by atoms with E-state index >= 15 is 0 Å². The van der Waals surface area contributed by atoms with Crippen molar-refractivity contribution < 1.29 is 14.7 Å². The van der Waals surface area contributed by atoms with Gasteiger partial charge in [0.05, 0.1) is 23.9 Å². The highest BCUT2D eigenvalue weighted by Gasteiger charge is 2.34. The van der Waals surface area contributed by atoms with Gasteiger partial charge < -0.3 is 15.7 Å². The predicted octanol–water partition coefficient (Wildman–Crippen LogP) is 1.88. The SMILES string of the molecule is CCNC(=NCC(C)(O)c1cnn(C)c1)NCCCCN1C(=O)c2ccccc2C1=O.I. The van der Waals surface area contributed by atoms with Gasteiger partial charge in [-0.2, -0.15) is 5.10 Å². The Morgan fingerprint density at radius 2 is 1.81 bits per heavy atom. The molecule has 0 bridgehead atoms. The number of rotatable bonds is 9. The first-order chi connectivity index (χ1) is 14.8. The van der Waals surface area contributed by atoms with Crippen molar-refractivity contribution in [2.24, 2.45) is 12.0 Å². The molecule has 0 spiro atoms. The molecule has 174 valence electrons. The molecule has 2 aromatic rings. The third kappa shape index (κ3) is 6.06. The lowest BCUT2D eigenvalue weighted by Crippen LogP contribution is -2.39. The highest BCUT2D eigenvalue weighted by atomic mass is 127. The van der Waals surface area contributed by atoms with Gasteiger partial charge in [0.1, 0.15) is 5.60 Å². The zero-order valence-corrected chi connectivity index (χ0v) is 21.0. The fourth-order valence-corrected chi connectivity index (χ4v) is 3.41. The molecule has 1 aromatic heterocycles. The molecule has 2 amide bonds. The van der Waals surface area contributed by atoms with Crippen LogP contribution in [0.25, 0.3) is 0 Å². The first-order valence-electron chi connectivity index (χ1n) is 10.5. The monoisotopic (exact) mass is 554 g/mol. The number of nitrogens with one attached hydrogen (secondary N) is 2.